The lowest BCUT2D eigenvalue weighted by atomic mass is 9.72. The number of aliphatic hydroxyl groups excluding tert-OH is 1. The van der Waals surface area contributed by atoms with Gasteiger partial charge in [0.25, 0.3) is 0 Å². The maximum atomic E-state index is 10.9. The number of benzene rings is 1. The van der Waals surface area contributed by atoms with Crippen molar-refractivity contribution in [1.82, 2.24) is 9.97 Å². The lowest BCUT2D eigenvalue weighted by Gasteiger charge is -2.43. The van der Waals surface area contributed by atoms with E-state index in [9.17, 15) is 5.11 Å². The molecule has 130 valence electrons. The Morgan fingerprint density at radius 1 is 1.12 bits per heavy atom. The highest BCUT2D eigenvalue weighted by Crippen LogP contribution is 2.50. The second-order valence-corrected chi connectivity index (χ2v) is 7.78. The van der Waals surface area contributed by atoms with Gasteiger partial charge in [-0.1, -0.05) is 24.3 Å². The Labute approximate surface area is 147 Å². The highest BCUT2D eigenvalue weighted by molar-refractivity contribution is 5.48. The molecule has 1 aromatic carbocycles. The molecule has 2 fully saturated rings. The van der Waals surface area contributed by atoms with Gasteiger partial charge in [-0.3, -0.25) is 0 Å². The van der Waals surface area contributed by atoms with E-state index in [1.807, 2.05) is 6.07 Å². The van der Waals surface area contributed by atoms with Gasteiger partial charge < -0.3 is 15.7 Å². The number of fused-ring (bicyclic) bond motifs is 2. The zero-order chi connectivity index (χ0) is 17.0. The van der Waals surface area contributed by atoms with E-state index in [0.717, 1.165) is 37.3 Å². The van der Waals surface area contributed by atoms with Gasteiger partial charge in [0.2, 0.25) is 0 Å². The molecule has 5 heteroatoms. The zero-order valence-electron chi connectivity index (χ0n) is 14.3. The van der Waals surface area contributed by atoms with E-state index in [2.05, 4.69) is 39.1 Å². The van der Waals surface area contributed by atoms with Gasteiger partial charge in [-0.05, 0) is 36.8 Å². The van der Waals surface area contributed by atoms with E-state index >= 15 is 0 Å². The van der Waals surface area contributed by atoms with E-state index in [4.69, 9.17) is 5.73 Å². The molecule has 0 radical (unpaired) electrons. The fourth-order valence-corrected chi connectivity index (χ4v) is 4.75. The van der Waals surface area contributed by atoms with Crippen LogP contribution < -0.4 is 10.6 Å². The van der Waals surface area contributed by atoms with Crippen LogP contribution in [0.15, 0.2) is 36.7 Å². The Morgan fingerprint density at radius 2 is 1.88 bits per heavy atom. The van der Waals surface area contributed by atoms with Crippen molar-refractivity contribution < 1.29 is 5.11 Å². The van der Waals surface area contributed by atoms with Gasteiger partial charge in [0.1, 0.15) is 12.1 Å². The van der Waals surface area contributed by atoms with E-state index < -0.39 is 6.10 Å². The molecule has 1 saturated carbocycles. The predicted octanol–water partition coefficient (Wildman–Crippen LogP) is 2.27. The summed E-state index contributed by atoms with van der Waals surface area (Å²) in [7, 11) is 0. The van der Waals surface area contributed by atoms with Crippen LogP contribution in [-0.2, 0) is 5.41 Å². The molecule has 1 aromatic heterocycles. The first kappa shape index (κ1) is 15.3. The van der Waals surface area contributed by atoms with Gasteiger partial charge in [-0.2, -0.15) is 0 Å². The third-order valence-corrected chi connectivity index (χ3v) is 6.41. The van der Waals surface area contributed by atoms with Crippen molar-refractivity contribution in [1.29, 1.82) is 0 Å². The van der Waals surface area contributed by atoms with Crippen molar-refractivity contribution in [2.24, 2.45) is 5.73 Å². The summed E-state index contributed by atoms with van der Waals surface area (Å²) in [6.45, 7) is 1.78. The minimum atomic E-state index is -0.500. The monoisotopic (exact) mass is 336 g/mol. The molecule has 3 aliphatic rings. The number of aromatic nitrogens is 2. The minimum absolute atomic E-state index is 0.209. The zero-order valence-corrected chi connectivity index (χ0v) is 14.3. The Bertz CT molecular complexity index is 796. The van der Waals surface area contributed by atoms with E-state index in [0.29, 0.717) is 5.92 Å². The van der Waals surface area contributed by atoms with E-state index in [1.54, 1.807) is 6.33 Å². The molecule has 0 bridgehead atoms. The van der Waals surface area contributed by atoms with Crippen LogP contribution in [0.3, 0.4) is 0 Å². The number of hydrogen-bond acceptors (Lipinski definition) is 5. The number of rotatable bonds is 2. The molecule has 5 nitrogen and oxygen atoms in total. The maximum absolute atomic E-state index is 10.9. The quantitative estimate of drug-likeness (QED) is 0.880. The summed E-state index contributed by atoms with van der Waals surface area (Å²) >= 11 is 0. The Kier molecular flexibility index (Phi) is 3.37. The smallest absolute Gasteiger partial charge is 0.132 e. The van der Waals surface area contributed by atoms with Gasteiger partial charge in [0.05, 0.1) is 12.1 Å². The topological polar surface area (TPSA) is 75.3 Å². The fraction of sp³-hybridized carbons (Fsp3) is 0.500. The van der Waals surface area contributed by atoms with Crippen LogP contribution in [0.5, 0.6) is 0 Å². The summed E-state index contributed by atoms with van der Waals surface area (Å²) < 4.78 is 0. The van der Waals surface area contributed by atoms with Crippen LogP contribution in [0.2, 0.25) is 0 Å². The molecule has 2 atom stereocenters. The van der Waals surface area contributed by atoms with Gasteiger partial charge in [-0.25, -0.2) is 9.97 Å². The van der Waals surface area contributed by atoms with E-state index in [-0.39, 0.29) is 11.5 Å². The molecule has 1 spiro atoms. The number of hydrogen-bond donors (Lipinski definition) is 2. The fourth-order valence-electron chi connectivity index (χ4n) is 4.75. The SMILES string of the molecule is N[C@H]1c2ccccc2C2(CCN(c3cc(C4CC4)ncn3)CC2)[C@@H]1O. The van der Waals surface area contributed by atoms with Crippen molar-refractivity contribution >= 4 is 5.82 Å². The Morgan fingerprint density at radius 3 is 2.64 bits per heavy atom. The van der Waals surface area contributed by atoms with Crippen LogP contribution >= 0.6 is 0 Å². The normalized spacial score (nSPS) is 27.5. The van der Waals surface area contributed by atoms with Crippen molar-refractivity contribution in [3.8, 4) is 0 Å². The third-order valence-electron chi connectivity index (χ3n) is 6.41. The van der Waals surface area contributed by atoms with Gasteiger partial charge in [0, 0.05) is 36.2 Å². The Hall–Kier alpha value is -1.98. The molecule has 0 amide bonds. The molecule has 25 heavy (non-hydrogen) atoms. The van der Waals surface area contributed by atoms with Crippen molar-refractivity contribution in [2.45, 2.75) is 49.2 Å². The number of nitrogens with zero attached hydrogens (tertiary/aromatic N) is 3. The summed E-state index contributed by atoms with van der Waals surface area (Å²) in [6, 6.07) is 10.2. The summed E-state index contributed by atoms with van der Waals surface area (Å²) in [5.41, 5.74) is 9.65. The van der Waals surface area contributed by atoms with E-state index in [1.165, 1.54) is 24.1 Å². The predicted molar refractivity (Wildman–Crippen MR) is 96.5 cm³/mol. The van der Waals surface area contributed by atoms with Crippen LogP contribution in [0.4, 0.5) is 5.82 Å². The molecular formula is C20H24N4O. The van der Waals surface area contributed by atoms with Gasteiger partial charge in [0.15, 0.2) is 0 Å². The molecule has 3 N–H and O–H groups in total. The molecular weight excluding hydrogens is 312 g/mol. The second-order valence-electron chi connectivity index (χ2n) is 7.78. The molecule has 2 aliphatic carbocycles. The van der Waals surface area contributed by atoms with Crippen LogP contribution in [0.1, 0.15) is 54.5 Å². The molecule has 2 heterocycles. The molecule has 1 saturated heterocycles. The second kappa shape index (κ2) is 5.51. The van der Waals surface area contributed by atoms with Crippen LogP contribution in [-0.4, -0.2) is 34.3 Å². The standard InChI is InChI=1S/C20H24N4O/c21-18-14-3-1-2-4-15(14)20(19(18)25)7-9-24(10-8-20)17-11-16(13-5-6-13)22-12-23-17/h1-4,11-13,18-19,25H,5-10,21H2/t18-,19+/m0/s1. The number of anilines is 1. The van der Waals surface area contributed by atoms with Gasteiger partial charge >= 0.3 is 0 Å². The number of piperidine rings is 1. The van der Waals surface area contributed by atoms with Crippen molar-refractivity contribution in [3.63, 3.8) is 0 Å². The van der Waals surface area contributed by atoms with Gasteiger partial charge in [-0.15, -0.1) is 0 Å². The molecule has 1 aliphatic heterocycles. The average molecular weight is 336 g/mol. The summed E-state index contributed by atoms with van der Waals surface area (Å²) in [6.07, 6.45) is 5.51. The Balaban J connectivity index is 1.40. The van der Waals surface area contributed by atoms with Crippen molar-refractivity contribution in [3.05, 3.63) is 53.5 Å². The highest BCUT2D eigenvalue weighted by Gasteiger charge is 2.51. The highest BCUT2D eigenvalue weighted by atomic mass is 16.3. The van der Waals surface area contributed by atoms with Crippen molar-refractivity contribution in [2.75, 3.05) is 18.0 Å². The maximum Gasteiger partial charge on any atom is 0.132 e. The third kappa shape index (κ3) is 2.29. The molecule has 5 rings (SSSR count). The molecule has 2 aromatic rings. The first-order chi connectivity index (χ1) is 12.2. The average Bonchev–Trinajstić information content (AvgIpc) is 3.50. The lowest BCUT2D eigenvalue weighted by molar-refractivity contribution is 0.0582. The number of aliphatic hydroxyl groups is 1. The molecule has 0 unspecified atom stereocenters. The minimum Gasteiger partial charge on any atom is -0.390 e. The van der Waals surface area contributed by atoms with Crippen LogP contribution in [0, 0.1) is 0 Å². The lowest BCUT2D eigenvalue weighted by Crippen LogP contribution is -2.49. The largest absolute Gasteiger partial charge is 0.390 e. The summed E-state index contributed by atoms with van der Waals surface area (Å²) in [4.78, 5) is 11.3. The van der Waals surface area contributed by atoms with Crippen LogP contribution in [0.25, 0.3) is 0 Å². The number of nitrogens with two attached hydrogens (primary N) is 1. The first-order valence-electron chi connectivity index (χ1n) is 9.29. The summed E-state index contributed by atoms with van der Waals surface area (Å²) in [5.74, 6) is 1.66. The summed E-state index contributed by atoms with van der Waals surface area (Å²) in [5, 5.41) is 10.9. The first-order valence-corrected chi connectivity index (χ1v) is 9.29.